The van der Waals surface area contributed by atoms with Crippen LogP contribution in [0.1, 0.15) is 11.1 Å². The molecule has 0 aliphatic carbocycles. The zero-order valence-corrected chi connectivity index (χ0v) is 18.6. The molecule has 0 unspecified atom stereocenters. The van der Waals surface area contributed by atoms with E-state index >= 15 is 0 Å². The van der Waals surface area contributed by atoms with Crippen molar-refractivity contribution >= 4 is 28.5 Å². The van der Waals surface area contributed by atoms with E-state index in [1.165, 1.54) is 24.0 Å². The zero-order chi connectivity index (χ0) is 22.9. The minimum absolute atomic E-state index is 0.254. The highest BCUT2D eigenvalue weighted by Crippen LogP contribution is 2.36. The fourth-order valence-corrected chi connectivity index (χ4v) is 4.63. The van der Waals surface area contributed by atoms with Crippen LogP contribution in [0, 0.1) is 18.6 Å². The summed E-state index contributed by atoms with van der Waals surface area (Å²) in [6.07, 6.45) is 1.52. The van der Waals surface area contributed by atoms with Crippen molar-refractivity contribution in [1.82, 2.24) is 14.5 Å². The second kappa shape index (κ2) is 8.67. The van der Waals surface area contributed by atoms with Gasteiger partial charge in [0.1, 0.15) is 28.6 Å². The molecule has 3 aromatic carbocycles. The fourth-order valence-electron chi connectivity index (χ4n) is 3.78. The van der Waals surface area contributed by atoms with Crippen LogP contribution in [0.4, 0.5) is 14.5 Å². The van der Waals surface area contributed by atoms with E-state index in [4.69, 9.17) is 5.73 Å². The summed E-state index contributed by atoms with van der Waals surface area (Å²) in [5.41, 5.74) is 10.7. The number of nitrogen functional groups attached to an aromatic ring is 1. The Bertz CT molecular complexity index is 1420. The topological polar surface area (TPSA) is 56.7 Å². The van der Waals surface area contributed by atoms with Crippen LogP contribution in [0.5, 0.6) is 0 Å². The van der Waals surface area contributed by atoms with Crippen LogP contribution in [0.3, 0.4) is 0 Å². The minimum Gasteiger partial charge on any atom is -0.399 e. The van der Waals surface area contributed by atoms with Gasteiger partial charge in [0.2, 0.25) is 0 Å². The highest BCUT2D eigenvalue weighted by molar-refractivity contribution is 7.99. The maximum atomic E-state index is 13.9. The Morgan fingerprint density at radius 2 is 1.58 bits per heavy atom. The molecule has 0 bridgehead atoms. The monoisotopic (exact) mass is 458 g/mol. The first kappa shape index (κ1) is 21.2. The van der Waals surface area contributed by atoms with Crippen LogP contribution < -0.4 is 5.73 Å². The molecule has 0 amide bonds. The van der Waals surface area contributed by atoms with E-state index in [0.29, 0.717) is 16.9 Å². The van der Waals surface area contributed by atoms with Gasteiger partial charge in [0.05, 0.1) is 11.1 Å². The number of anilines is 1. The Morgan fingerprint density at radius 1 is 0.879 bits per heavy atom. The van der Waals surface area contributed by atoms with Crippen LogP contribution >= 0.6 is 11.8 Å². The van der Waals surface area contributed by atoms with Gasteiger partial charge in [0, 0.05) is 23.2 Å². The van der Waals surface area contributed by atoms with Crippen molar-refractivity contribution in [1.29, 1.82) is 0 Å². The van der Waals surface area contributed by atoms with Gasteiger partial charge in [-0.05, 0) is 60.5 Å². The molecule has 0 spiro atoms. The molecule has 0 atom stereocenters. The molecule has 0 saturated carbocycles. The van der Waals surface area contributed by atoms with Crippen molar-refractivity contribution in [3.05, 3.63) is 102 Å². The molecule has 0 fully saturated rings. The lowest BCUT2D eigenvalue weighted by Crippen LogP contribution is -2.04. The van der Waals surface area contributed by atoms with Crippen LogP contribution in [0.25, 0.3) is 22.3 Å². The van der Waals surface area contributed by atoms with Crippen molar-refractivity contribution in [2.45, 2.75) is 23.4 Å². The van der Waals surface area contributed by atoms with Crippen LogP contribution in [0.2, 0.25) is 0 Å². The molecule has 2 N–H and O–H groups in total. The molecule has 0 saturated heterocycles. The summed E-state index contributed by atoms with van der Waals surface area (Å²) in [5, 5.41) is 1.68. The predicted octanol–water partition coefficient (Wildman–Crippen LogP) is 6.47. The molecule has 5 aromatic rings. The largest absolute Gasteiger partial charge is 0.399 e. The van der Waals surface area contributed by atoms with Crippen molar-refractivity contribution in [3.8, 4) is 11.3 Å². The molecule has 0 aliphatic heterocycles. The molecule has 164 valence electrons. The molecule has 5 rings (SSSR count). The maximum absolute atomic E-state index is 13.9. The Morgan fingerprint density at radius 3 is 2.27 bits per heavy atom. The predicted molar refractivity (Wildman–Crippen MR) is 128 cm³/mol. The fraction of sp³-hybridized carbons (Fsp3) is 0.0769. The number of nitrogens with two attached hydrogens (primary N) is 1. The Hall–Kier alpha value is -3.71. The lowest BCUT2D eigenvalue weighted by atomic mass is 10.1. The standard InChI is InChI=1S/C26H20F2N4S/c1-16-2-8-22(9-3-16)33-26-23-13-24(18-4-6-21(29)7-5-18)32(25(23)30-15-31-26)14-17-10-19(27)12-20(28)11-17/h2-13,15H,14,29H2,1H3. The third-order valence-corrected chi connectivity index (χ3v) is 6.39. The summed E-state index contributed by atoms with van der Waals surface area (Å²) in [7, 11) is 0. The number of hydrogen-bond donors (Lipinski definition) is 1. The summed E-state index contributed by atoms with van der Waals surface area (Å²) in [4.78, 5) is 10.1. The van der Waals surface area contributed by atoms with E-state index in [0.717, 1.165) is 32.6 Å². The average molecular weight is 459 g/mol. The number of benzene rings is 3. The van der Waals surface area contributed by atoms with E-state index in [1.807, 2.05) is 41.8 Å². The second-order valence-electron chi connectivity index (χ2n) is 7.85. The van der Waals surface area contributed by atoms with E-state index in [-0.39, 0.29) is 6.54 Å². The highest BCUT2D eigenvalue weighted by Gasteiger charge is 2.17. The molecule has 7 heteroatoms. The number of nitrogens with zero attached hydrogens (tertiary/aromatic N) is 3. The summed E-state index contributed by atoms with van der Waals surface area (Å²) < 4.78 is 29.7. The molecule has 0 aliphatic rings. The van der Waals surface area contributed by atoms with E-state index in [1.54, 1.807) is 11.8 Å². The minimum atomic E-state index is -0.610. The highest BCUT2D eigenvalue weighted by atomic mass is 32.2. The van der Waals surface area contributed by atoms with Gasteiger partial charge in [-0.1, -0.05) is 41.6 Å². The lowest BCUT2D eigenvalue weighted by Gasteiger charge is -2.11. The van der Waals surface area contributed by atoms with Crippen LogP contribution in [-0.2, 0) is 6.54 Å². The summed E-state index contributed by atoms with van der Waals surface area (Å²) in [5.74, 6) is -1.22. The number of aromatic nitrogens is 3. The van der Waals surface area contributed by atoms with Gasteiger partial charge in [-0.2, -0.15) is 0 Å². The second-order valence-corrected chi connectivity index (χ2v) is 8.91. The van der Waals surface area contributed by atoms with Crippen molar-refractivity contribution in [2.75, 3.05) is 5.73 Å². The number of aryl methyl sites for hydroxylation is 1. The van der Waals surface area contributed by atoms with Crippen molar-refractivity contribution in [3.63, 3.8) is 0 Å². The van der Waals surface area contributed by atoms with Crippen molar-refractivity contribution in [2.24, 2.45) is 0 Å². The first-order valence-electron chi connectivity index (χ1n) is 10.4. The van der Waals surface area contributed by atoms with E-state index < -0.39 is 11.6 Å². The van der Waals surface area contributed by atoms with Crippen LogP contribution in [0.15, 0.2) is 89.0 Å². The molecule has 33 heavy (non-hydrogen) atoms. The van der Waals surface area contributed by atoms with Gasteiger partial charge < -0.3 is 10.3 Å². The Kier molecular flexibility index (Phi) is 5.56. The zero-order valence-electron chi connectivity index (χ0n) is 17.8. The third kappa shape index (κ3) is 4.45. The molecule has 2 heterocycles. The van der Waals surface area contributed by atoms with Gasteiger partial charge in [-0.3, -0.25) is 0 Å². The number of fused-ring (bicyclic) bond motifs is 1. The first-order chi connectivity index (χ1) is 16.0. The van der Waals surface area contributed by atoms with Gasteiger partial charge >= 0.3 is 0 Å². The molecular formula is C26H20F2N4S. The Labute approximate surface area is 194 Å². The summed E-state index contributed by atoms with van der Waals surface area (Å²) >= 11 is 1.55. The van der Waals surface area contributed by atoms with Gasteiger partial charge in [0.25, 0.3) is 0 Å². The number of hydrogen-bond acceptors (Lipinski definition) is 4. The lowest BCUT2D eigenvalue weighted by molar-refractivity contribution is 0.578. The van der Waals surface area contributed by atoms with E-state index in [2.05, 4.69) is 34.2 Å². The van der Waals surface area contributed by atoms with Gasteiger partial charge in [0.15, 0.2) is 0 Å². The molecule has 2 aromatic heterocycles. The SMILES string of the molecule is Cc1ccc(Sc2ncnc3c2cc(-c2ccc(N)cc2)n3Cc2cc(F)cc(F)c2)cc1. The smallest absolute Gasteiger partial charge is 0.145 e. The average Bonchev–Trinajstić information content (AvgIpc) is 3.14. The summed E-state index contributed by atoms with van der Waals surface area (Å²) in [6.45, 7) is 2.30. The normalized spacial score (nSPS) is 11.2. The molecule has 4 nitrogen and oxygen atoms in total. The third-order valence-electron chi connectivity index (χ3n) is 5.36. The van der Waals surface area contributed by atoms with Gasteiger partial charge in [-0.15, -0.1) is 0 Å². The van der Waals surface area contributed by atoms with E-state index in [9.17, 15) is 8.78 Å². The maximum Gasteiger partial charge on any atom is 0.145 e. The van der Waals surface area contributed by atoms with Gasteiger partial charge in [-0.25, -0.2) is 18.7 Å². The quantitative estimate of drug-likeness (QED) is 0.242. The number of rotatable bonds is 5. The van der Waals surface area contributed by atoms with Crippen molar-refractivity contribution < 1.29 is 8.78 Å². The molecular weight excluding hydrogens is 438 g/mol. The first-order valence-corrected chi connectivity index (χ1v) is 11.2. The van der Waals surface area contributed by atoms with Crippen LogP contribution in [-0.4, -0.2) is 14.5 Å². The Balaban J connectivity index is 1.66. The number of halogens is 2. The summed E-state index contributed by atoms with van der Waals surface area (Å²) in [6, 6.07) is 21.3. The molecule has 0 radical (unpaired) electrons.